The molecular weight excluding hydrogens is 240 g/mol. The molecule has 1 aliphatic rings. The first-order valence-electron chi connectivity index (χ1n) is 7.34. The summed E-state index contributed by atoms with van der Waals surface area (Å²) in [5.74, 6) is 2.41. The van der Waals surface area contributed by atoms with Crippen molar-refractivity contribution in [1.82, 2.24) is 15.0 Å². The molecule has 108 valence electrons. The Kier molecular flexibility index (Phi) is 4.93. The highest BCUT2D eigenvalue weighted by Crippen LogP contribution is 2.27. The van der Waals surface area contributed by atoms with E-state index in [1.807, 2.05) is 0 Å². The second-order valence-corrected chi connectivity index (χ2v) is 5.97. The Morgan fingerprint density at radius 1 is 1.37 bits per heavy atom. The van der Waals surface area contributed by atoms with Crippen molar-refractivity contribution in [2.24, 2.45) is 11.7 Å². The van der Waals surface area contributed by atoms with Crippen LogP contribution >= 0.6 is 0 Å². The molecular formula is C14H26N4O. The van der Waals surface area contributed by atoms with Crippen LogP contribution in [0.3, 0.4) is 0 Å². The van der Waals surface area contributed by atoms with Crippen molar-refractivity contribution >= 4 is 0 Å². The highest BCUT2D eigenvalue weighted by Gasteiger charge is 2.28. The standard InChI is InChI=1S/C14H26N4O/c1-10(2)14-16-13(17-19-14)9-18(3)12-7-5-4-6-11(12)8-15/h10-12H,4-9,15H2,1-3H3. The van der Waals surface area contributed by atoms with Crippen LogP contribution in [0.15, 0.2) is 4.52 Å². The molecule has 1 heterocycles. The van der Waals surface area contributed by atoms with E-state index in [2.05, 4.69) is 35.9 Å². The quantitative estimate of drug-likeness (QED) is 0.884. The molecule has 1 aromatic rings. The normalized spacial score (nSPS) is 24.3. The summed E-state index contributed by atoms with van der Waals surface area (Å²) in [6.07, 6.45) is 5.09. The highest BCUT2D eigenvalue weighted by atomic mass is 16.5. The minimum Gasteiger partial charge on any atom is -0.339 e. The van der Waals surface area contributed by atoms with Crippen LogP contribution in [-0.2, 0) is 6.54 Å². The molecule has 0 bridgehead atoms. The number of nitrogens with zero attached hydrogens (tertiary/aromatic N) is 3. The van der Waals surface area contributed by atoms with E-state index in [1.54, 1.807) is 0 Å². The molecule has 0 saturated heterocycles. The van der Waals surface area contributed by atoms with Crippen LogP contribution in [0.2, 0.25) is 0 Å². The molecule has 0 aliphatic heterocycles. The Morgan fingerprint density at radius 3 is 2.74 bits per heavy atom. The largest absolute Gasteiger partial charge is 0.339 e. The summed E-state index contributed by atoms with van der Waals surface area (Å²) in [4.78, 5) is 6.78. The van der Waals surface area contributed by atoms with Gasteiger partial charge in [0.1, 0.15) is 0 Å². The summed E-state index contributed by atoms with van der Waals surface area (Å²) in [5.41, 5.74) is 5.89. The maximum absolute atomic E-state index is 5.89. The average Bonchev–Trinajstić information content (AvgIpc) is 2.87. The first kappa shape index (κ1) is 14.5. The van der Waals surface area contributed by atoms with Gasteiger partial charge in [-0.3, -0.25) is 4.90 Å². The van der Waals surface area contributed by atoms with Crippen LogP contribution < -0.4 is 5.73 Å². The molecule has 0 radical (unpaired) electrons. The fourth-order valence-electron chi connectivity index (χ4n) is 2.95. The zero-order valence-electron chi connectivity index (χ0n) is 12.3. The number of aromatic nitrogens is 2. The lowest BCUT2D eigenvalue weighted by atomic mass is 9.84. The fourth-order valence-corrected chi connectivity index (χ4v) is 2.95. The summed E-state index contributed by atoms with van der Waals surface area (Å²) in [5, 5.41) is 4.06. The summed E-state index contributed by atoms with van der Waals surface area (Å²) in [6, 6.07) is 0.555. The molecule has 2 N–H and O–H groups in total. The highest BCUT2D eigenvalue weighted by molar-refractivity contribution is 4.92. The lowest BCUT2D eigenvalue weighted by Crippen LogP contribution is -2.42. The minimum atomic E-state index is 0.290. The average molecular weight is 266 g/mol. The van der Waals surface area contributed by atoms with E-state index in [-0.39, 0.29) is 5.92 Å². The Hall–Kier alpha value is -0.940. The molecule has 2 atom stereocenters. The second-order valence-electron chi connectivity index (χ2n) is 5.97. The van der Waals surface area contributed by atoms with Crippen LogP contribution in [0.25, 0.3) is 0 Å². The lowest BCUT2D eigenvalue weighted by Gasteiger charge is -2.36. The molecule has 0 amide bonds. The smallest absolute Gasteiger partial charge is 0.229 e. The molecule has 0 aromatic carbocycles. The van der Waals surface area contributed by atoms with Crippen LogP contribution in [-0.4, -0.2) is 34.7 Å². The van der Waals surface area contributed by atoms with Crippen molar-refractivity contribution in [2.45, 2.75) is 58.0 Å². The molecule has 2 unspecified atom stereocenters. The SMILES string of the molecule is CC(C)c1nc(CN(C)C2CCCCC2CN)no1. The maximum Gasteiger partial charge on any atom is 0.229 e. The molecule has 1 aromatic heterocycles. The van der Waals surface area contributed by atoms with Gasteiger partial charge < -0.3 is 10.3 Å². The van der Waals surface area contributed by atoms with Crippen molar-refractivity contribution in [3.63, 3.8) is 0 Å². The zero-order chi connectivity index (χ0) is 13.8. The predicted octanol–water partition coefficient (Wildman–Crippen LogP) is 2.14. The van der Waals surface area contributed by atoms with Gasteiger partial charge in [0.2, 0.25) is 5.89 Å². The van der Waals surface area contributed by atoms with Gasteiger partial charge >= 0.3 is 0 Å². The number of rotatable bonds is 5. The van der Waals surface area contributed by atoms with Gasteiger partial charge in [0.25, 0.3) is 0 Å². The molecule has 19 heavy (non-hydrogen) atoms. The van der Waals surface area contributed by atoms with E-state index >= 15 is 0 Å². The minimum absolute atomic E-state index is 0.290. The van der Waals surface area contributed by atoms with Crippen LogP contribution in [0.5, 0.6) is 0 Å². The Morgan fingerprint density at radius 2 is 2.11 bits per heavy atom. The van der Waals surface area contributed by atoms with E-state index in [9.17, 15) is 0 Å². The summed E-state index contributed by atoms with van der Waals surface area (Å²) < 4.78 is 5.25. The first-order valence-corrected chi connectivity index (χ1v) is 7.34. The van der Waals surface area contributed by atoms with Gasteiger partial charge in [-0.15, -0.1) is 0 Å². The van der Waals surface area contributed by atoms with Crippen LogP contribution in [0.1, 0.15) is 57.2 Å². The van der Waals surface area contributed by atoms with Gasteiger partial charge in [-0.25, -0.2) is 0 Å². The third-order valence-corrected chi connectivity index (χ3v) is 4.11. The van der Waals surface area contributed by atoms with Gasteiger partial charge in [-0.1, -0.05) is 31.8 Å². The van der Waals surface area contributed by atoms with Crippen LogP contribution in [0.4, 0.5) is 0 Å². The number of hydrogen-bond donors (Lipinski definition) is 1. The van der Waals surface area contributed by atoms with E-state index < -0.39 is 0 Å². The van der Waals surface area contributed by atoms with E-state index in [1.165, 1.54) is 25.7 Å². The van der Waals surface area contributed by atoms with Gasteiger partial charge in [0.15, 0.2) is 5.82 Å². The van der Waals surface area contributed by atoms with Crippen LogP contribution in [0, 0.1) is 5.92 Å². The Labute approximate surface area is 115 Å². The zero-order valence-corrected chi connectivity index (χ0v) is 12.3. The third-order valence-electron chi connectivity index (χ3n) is 4.11. The van der Waals surface area contributed by atoms with Crippen molar-refractivity contribution < 1.29 is 4.52 Å². The van der Waals surface area contributed by atoms with Crippen molar-refractivity contribution in [3.8, 4) is 0 Å². The number of nitrogens with two attached hydrogens (primary N) is 1. The lowest BCUT2D eigenvalue weighted by molar-refractivity contribution is 0.124. The summed E-state index contributed by atoms with van der Waals surface area (Å²) >= 11 is 0. The fraction of sp³-hybridized carbons (Fsp3) is 0.857. The Balaban J connectivity index is 1.96. The van der Waals surface area contributed by atoms with Crippen molar-refractivity contribution in [1.29, 1.82) is 0 Å². The molecule has 0 spiro atoms. The third kappa shape index (κ3) is 3.54. The van der Waals surface area contributed by atoms with E-state index in [4.69, 9.17) is 10.3 Å². The topological polar surface area (TPSA) is 68.2 Å². The molecule has 5 nitrogen and oxygen atoms in total. The predicted molar refractivity (Wildman–Crippen MR) is 74.7 cm³/mol. The molecule has 5 heteroatoms. The van der Waals surface area contributed by atoms with E-state index in [0.29, 0.717) is 12.0 Å². The van der Waals surface area contributed by atoms with E-state index in [0.717, 1.165) is 24.8 Å². The molecule has 1 aliphatic carbocycles. The maximum atomic E-state index is 5.89. The number of hydrogen-bond acceptors (Lipinski definition) is 5. The van der Waals surface area contributed by atoms with Gasteiger partial charge in [-0.05, 0) is 32.4 Å². The molecule has 1 fully saturated rings. The summed E-state index contributed by atoms with van der Waals surface area (Å²) in [7, 11) is 2.14. The van der Waals surface area contributed by atoms with Crippen molar-refractivity contribution in [3.05, 3.63) is 11.7 Å². The monoisotopic (exact) mass is 266 g/mol. The molecule has 1 saturated carbocycles. The van der Waals surface area contributed by atoms with Gasteiger partial charge in [-0.2, -0.15) is 4.98 Å². The Bertz CT molecular complexity index is 391. The summed E-state index contributed by atoms with van der Waals surface area (Å²) in [6.45, 7) is 5.65. The second kappa shape index (κ2) is 6.48. The van der Waals surface area contributed by atoms with Gasteiger partial charge in [0.05, 0.1) is 6.54 Å². The molecule has 2 rings (SSSR count). The first-order chi connectivity index (χ1) is 9.11. The van der Waals surface area contributed by atoms with Crippen molar-refractivity contribution in [2.75, 3.05) is 13.6 Å². The van der Waals surface area contributed by atoms with Gasteiger partial charge in [0, 0.05) is 12.0 Å².